The maximum Gasteiger partial charge on any atom is 0.340 e. The molecule has 0 fully saturated rings. The SMILES string of the molecule is CCOC(=O)c1c(C)ccnc1CCl.Cl. The Morgan fingerprint density at radius 1 is 1.60 bits per heavy atom. The van der Waals surface area contributed by atoms with E-state index in [9.17, 15) is 4.79 Å². The highest BCUT2D eigenvalue weighted by Gasteiger charge is 2.15. The second-order valence-corrected chi connectivity index (χ2v) is 3.07. The third kappa shape index (κ3) is 3.36. The molecule has 3 nitrogen and oxygen atoms in total. The number of alkyl halides is 1. The number of carbonyl (C=O) groups is 1. The highest BCUT2D eigenvalue weighted by Crippen LogP contribution is 2.14. The van der Waals surface area contributed by atoms with Crippen molar-refractivity contribution in [1.29, 1.82) is 0 Å². The molecule has 0 radical (unpaired) electrons. The Labute approximate surface area is 100 Å². The number of esters is 1. The Morgan fingerprint density at radius 2 is 2.27 bits per heavy atom. The quantitative estimate of drug-likeness (QED) is 0.611. The number of aromatic nitrogens is 1. The maximum absolute atomic E-state index is 11.5. The zero-order valence-corrected chi connectivity index (χ0v) is 10.2. The molecule has 0 saturated carbocycles. The minimum Gasteiger partial charge on any atom is -0.462 e. The van der Waals surface area contributed by atoms with Crippen molar-refractivity contribution in [3.63, 3.8) is 0 Å². The van der Waals surface area contributed by atoms with Gasteiger partial charge in [-0.15, -0.1) is 24.0 Å². The van der Waals surface area contributed by atoms with Crippen molar-refractivity contribution in [3.8, 4) is 0 Å². The molecule has 5 heteroatoms. The number of rotatable bonds is 3. The fourth-order valence-electron chi connectivity index (χ4n) is 1.20. The average Bonchev–Trinajstić information content (AvgIpc) is 2.17. The van der Waals surface area contributed by atoms with Crippen LogP contribution in [0, 0.1) is 6.92 Å². The van der Waals surface area contributed by atoms with Gasteiger partial charge in [0, 0.05) is 6.20 Å². The van der Waals surface area contributed by atoms with Crippen molar-refractivity contribution in [1.82, 2.24) is 4.98 Å². The lowest BCUT2D eigenvalue weighted by Crippen LogP contribution is -2.10. The standard InChI is InChI=1S/C10H12ClNO2.ClH/c1-3-14-10(13)9-7(2)4-5-12-8(9)6-11;/h4-5H,3,6H2,1-2H3;1H. The van der Waals surface area contributed by atoms with E-state index in [1.54, 1.807) is 19.2 Å². The van der Waals surface area contributed by atoms with Crippen LogP contribution < -0.4 is 0 Å². The molecule has 0 aliphatic heterocycles. The molecule has 0 bridgehead atoms. The van der Waals surface area contributed by atoms with Crippen molar-refractivity contribution in [3.05, 3.63) is 29.1 Å². The number of aryl methyl sites for hydroxylation is 1. The van der Waals surface area contributed by atoms with Crippen molar-refractivity contribution >= 4 is 30.0 Å². The number of nitrogens with zero attached hydrogens (tertiary/aromatic N) is 1. The van der Waals surface area contributed by atoms with Crippen molar-refractivity contribution < 1.29 is 9.53 Å². The van der Waals surface area contributed by atoms with Crippen molar-refractivity contribution in [2.24, 2.45) is 0 Å². The van der Waals surface area contributed by atoms with Crippen LogP contribution in [0.15, 0.2) is 12.3 Å². The van der Waals surface area contributed by atoms with E-state index in [0.29, 0.717) is 17.9 Å². The molecule has 0 aliphatic rings. The van der Waals surface area contributed by atoms with Crippen LogP contribution in [0.2, 0.25) is 0 Å². The van der Waals surface area contributed by atoms with Crippen molar-refractivity contribution in [2.45, 2.75) is 19.7 Å². The summed E-state index contributed by atoms with van der Waals surface area (Å²) in [6.45, 7) is 3.96. The number of ether oxygens (including phenoxy) is 1. The number of hydrogen-bond donors (Lipinski definition) is 0. The molecule has 1 heterocycles. The van der Waals surface area contributed by atoms with E-state index < -0.39 is 0 Å². The first-order valence-electron chi connectivity index (χ1n) is 4.38. The maximum atomic E-state index is 11.5. The number of hydrogen-bond acceptors (Lipinski definition) is 3. The van der Waals surface area contributed by atoms with Gasteiger partial charge >= 0.3 is 5.97 Å². The Bertz CT molecular complexity index is 342. The van der Waals surface area contributed by atoms with Crippen LogP contribution in [-0.2, 0) is 10.6 Å². The minimum absolute atomic E-state index is 0. The zero-order chi connectivity index (χ0) is 10.6. The molecule has 1 rings (SSSR count). The van der Waals surface area contributed by atoms with E-state index in [0.717, 1.165) is 5.56 Å². The number of carbonyl (C=O) groups excluding carboxylic acids is 1. The fraction of sp³-hybridized carbons (Fsp3) is 0.400. The van der Waals surface area contributed by atoms with Gasteiger partial charge in [0.2, 0.25) is 0 Å². The molecular formula is C10H13Cl2NO2. The second kappa shape index (κ2) is 6.64. The molecule has 0 atom stereocenters. The molecule has 1 aromatic rings. The summed E-state index contributed by atoms with van der Waals surface area (Å²) in [5.74, 6) is -0.135. The van der Waals surface area contributed by atoms with Crippen LogP contribution in [0.5, 0.6) is 0 Å². The molecule has 0 aliphatic carbocycles. The third-order valence-electron chi connectivity index (χ3n) is 1.84. The molecule has 84 valence electrons. The van der Waals surface area contributed by atoms with Crippen LogP contribution in [0.1, 0.15) is 28.5 Å². The van der Waals surface area contributed by atoms with Gasteiger partial charge in [0.1, 0.15) is 0 Å². The van der Waals surface area contributed by atoms with E-state index in [1.807, 2.05) is 6.92 Å². The molecule has 0 unspecified atom stereocenters. The van der Waals surface area contributed by atoms with E-state index in [-0.39, 0.29) is 24.3 Å². The first-order chi connectivity index (χ1) is 6.70. The molecule has 0 saturated heterocycles. The van der Waals surface area contributed by atoms with Crippen LogP contribution in [0.25, 0.3) is 0 Å². The zero-order valence-electron chi connectivity index (χ0n) is 8.62. The van der Waals surface area contributed by atoms with E-state index in [4.69, 9.17) is 16.3 Å². The van der Waals surface area contributed by atoms with Gasteiger partial charge in [0.05, 0.1) is 23.7 Å². The van der Waals surface area contributed by atoms with Gasteiger partial charge in [-0.25, -0.2) is 4.79 Å². The summed E-state index contributed by atoms with van der Waals surface area (Å²) in [6.07, 6.45) is 1.63. The molecule has 15 heavy (non-hydrogen) atoms. The highest BCUT2D eigenvalue weighted by atomic mass is 35.5. The first kappa shape index (κ1) is 14.2. The summed E-state index contributed by atoms with van der Waals surface area (Å²) in [5.41, 5.74) is 1.91. The molecular weight excluding hydrogens is 237 g/mol. The smallest absolute Gasteiger partial charge is 0.340 e. The van der Waals surface area contributed by atoms with Crippen LogP contribution in [0.4, 0.5) is 0 Å². The fourth-order valence-corrected chi connectivity index (χ4v) is 1.40. The monoisotopic (exact) mass is 249 g/mol. The largest absolute Gasteiger partial charge is 0.462 e. The predicted molar refractivity (Wildman–Crippen MR) is 61.7 cm³/mol. The molecule has 1 aromatic heterocycles. The topological polar surface area (TPSA) is 39.2 Å². The summed E-state index contributed by atoms with van der Waals surface area (Å²) >= 11 is 5.68. The van der Waals surface area contributed by atoms with Gasteiger partial charge in [0.15, 0.2) is 0 Å². The van der Waals surface area contributed by atoms with Gasteiger partial charge < -0.3 is 4.74 Å². The molecule has 0 aromatic carbocycles. The second-order valence-electron chi connectivity index (χ2n) is 2.80. The molecule has 0 N–H and O–H groups in total. The van der Waals surface area contributed by atoms with E-state index >= 15 is 0 Å². The Kier molecular flexibility index (Phi) is 6.29. The Balaban J connectivity index is 0.00000196. The summed E-state index contributed by atoms with van der Waals surface area (Å²) in [5, 5.41) is 0. The van der Waals surface area contributed by atoms with Gasteiger partial charge in [-0.2, -0.15) is 0 Å². The first-order valence-corrected chi connectivity index (χ1v) is 4.91. The molecule has 0 spiro atoms. The normalized spacial score (nSPS) is 9.27. The summed E-state index contributed by atoms with van der Waals surface area (Å²) in [6, 6.07) is 1.77. The van der Waals surface area contributed by atoms with Crippen LogP contribution >= 0.6 is 24.0 Å². The van der Waals surface area contributed by atoms with E-state index in [2.05, 4.69) is 4.98 Å². The van der Waals surface area contributed by atoms with Gasteiger partial charge in [0.25, 0.3) is 0 Å². The number of halogens is 2. The average molecular weight is 250 g/mol. The number of pyridine rings is 1. The lowest BCUT2D eigenvalue weighted by molar-refractivity contribution is 0.0524. The van der Waals surface area contributed by atoms with E-state index in [1.165, 1.54) is 0 Å². The summed E-state index contributed by atoms with van der Waals surface area (Å²) in [7, 11) is 0. The summed E-state index contributed by atoms with van der Waals surface area (Å²) in [4.78, 5) is 15.6. The Morgan fingerprint density at radius 3 is 2.80 bits per heavy atom. The predicted octanol–water partition coefficient (Wildman–Crippen LogP) is 2.73. The van der Waals surface area contributed by atoms with Gasteiger partial charge in [-0.3, -0.25) is 4.98 Å². The van der Waals surface area contributed by atoms with Gasteiger partial charge in [-0.1, -0.05) is 0 Å². The van der Waals surface area contributed by atoms with Crippen molar-refractivity contribution in [2.75, 3.05) is 6.61 Å². The Hall–Kier alpha value is -0.800. The lowest BCUT2D eigenvalue weighted by Gasteiger charge is -2.08. The van der Waals surface area contributed by atoms with Crippen LogP contribution in [0.3, 0.4) is 0 Å². The highest BCUT2D eigenvalue weighted by molar-refractivity contribution is 6.17. The molecule has 0 amide bonds. The third-order valence-corrected chi connectivity index (χ3v) is 2.10. The summed E-state index contributed by atoms with van der Waals surface area (Å²) < 4.78 is 4.91. The van der Waals surface area contributed by atoms with Crippen LogP contribution in [-0.4, -0.2) is 17.6 Å². The van der Waals surface area contributed by atoms with Gasteiger partial charge in [-0.05, 0) is 25.5 Å². The lowest BCUT2D eigenvalue weighted by atomic mass is 10.1. The minimum atomic E-state index is -0.353.